The quantitative estimate of drug-likeness (QED) is 0.0282. The van der Waals surface area contributed by atoms with Crippen LogP contribution in [0.4, 0.5) is 0 Å². The van der Waals surface area contributed by atoms with Gasteiger partial charge in [0.05, 0.1) is 13.2 Å². The molecule has 0 heterocycles. The zero-order valence-corrected chi connectivity index (χ0v) is 32.7. The number of phosphoric ester groups is 1. The van der Waals surface area contributed by atoms with Crippen LogP contribution in [0, 0.1) is 0 Å². The highest BCUT2D eigenvalue weighted by atomic mass is 31.2. The van der Waals surface area contributed by atoms with Crippen LogP contribution in [0.3, 0.4) is 0 Å². The van der Waals surface area contributed by atoms with Crippen molar-refractivity contribution >= 4 is 19.8 Å². The number of hydrogen-bond donors (Lipinski definition) is 2. The van der Waals surface area contributed by atoms with E-state index in [2.05, 4.69) is 80.7 Å². The van der Waals surface area contributed by atoms with E-state index in [0.717, 1.165) is 64.2 Å². The SMILES string of the molecule is CC/C=C/C/C=C/C/C=C/C/C=C/C/C=C/CCCC(=O)OC[C@H](COP(=O)(O)OCCN)OC(=O)CCCCC/C=C/CCCCCCCC. The predicted molar refractivity (Wildman–Crippen MR) is 210 cm³/mol. The summed E-state index contributed by atoms with van der Waals surface area (Å²) in [7, 11) is -4.39. The standard InChI is InChI=1S/C41H70NO8P/c1-3-5-7-9-11-13-15-17-18-19-20-22-23-25-27-29-31-33-40(43)47-37-39(38-49-51(45,46)48-36-35-42)50-41(44)34-32-30-28-26-24-21-16-14-12-10-8-6-4-2/h5,7,11,13,17-18,20-22,24-25,27,39H,3-4,6,8-10,12,14-16,19,23,26,28-38,42H2,1-2H3,(H,45,46)/b7-5+,13-11+,18-17+,22-20+,24-21+,27-25+/t39-/m1/s1. The summed E-state index contributed by atoms with van der Waals surface area (Å²) in [6.07, 6.45) is 43.7. The van der Waals surface area contributed by atoms with Crippen molar-refractivity contribution in [1.29, 1.82) is 0 Å². The first-order valence-corrected chi connectivity index (χ1v) is 20.9. The summed E-state index contributed by atoms with van der Waals surface area (Å²) in [5, 5.41) is 0. The molecule has 0 aromatic rings. The maximum absolute atomic E-state index is 12.5. The molecular weight excluding hydrogens is 665 g/mol. The molecule has 0 rings (SSSR count). The fraction of sp³-hybridized carbons (Fsp3) is 0.659. The molecule has 0 saturated heterocycles. The van der Waals surface area contributed by atoms with Crippen LogP contribution in [0.5, 0.6) is 0 Å². The van der Waals surface area contributed by atoms with Crippen LogP contribution in [0.1, 0.15) is 142 Å². The van der Waals surface area contributed by atoms with Crippen LogP contribution in [0.2, 0.25) is 0 Å². The Bertz CT molecular complexity index is 1070. The zero-order chi connectivity index (χ0) is 37.5. The third-order valence-corrected chi connectivity index (χ3v) is 8.56. The number of phosphoric acid groups is 1. The van der Waals surface area contributed by atoms with E-state index in [1.54, 1.807) is 0 Å². The lowest BCUT2D eigenvalue weighted by atomic mass is 10.1. The van der Waals surface area contributed by atoms with E-state index >= 15 is 0 Å². The van der Waals surface area contributed by atoms with Crippen molar-refractivity contribution in [2.75, 3.05) is 26.4 Å². The van der Waals surface area contributed by atoms with Crippen LogP contribution in [-0.2, 0) is 32.7 Å². The lowest BCUT2D eigenvalue weighted by molar-refractivity contribution is -0.161. The molecule has 0 aliphatic heterocycles. The van der Waals surface area contributed by atoms with Gasteiger partial charge in [-0.05, 0) is 77.0 Å². The van der Waals surface area contributed by atoms with Gasteiger partial charge in [-0.15, -0.1) is 0 Å². The number of carbonyl (C=O) groups is 2. The molecule has 0 aliphatic rings. The summed E-state index contributed by atoms with van der Waals surface area (Å²) in [5.74, 6) is -0.924. The topological polar surface area (TPSA) is 134 Å². The van der Waals surface area contributed by atoms with E-state index in [4.69, 9.17) is 24.3 Å². The van der Waals surface area contributed by atoms with E-state index in [0.29, 0.717) is 12.8 Å². The minimum absolute atomic E-state index is 0.0402. The molecular formula is C41H70NO8P. The molecule has 1 unspecified atom stereocenters. The molecule has 0 bridgehead atoms. The van der Waals surface area contributed by atoms with Gasteiger partial charge in [0, 0.05) is 19.4 Å². The van der Waals surface area contributed by atoms with E-state index < -0.39 is 32.5 Å². The van der Waals surface area contributed by atoms with Gasteiger partial charge in [0.2, 0.25) is 0 Å². The first-order valence-electron chi connectivity index (χ1n) is 19.4. The third kappa shape index (κ3) is 37.0. The van der Waals surface area contributed by atoms with Crippen molar-refractivity contribution < 1.29 is 37.6 Å². The average Bonchev–Trinajstić information content (AvgIpc) is 3.11. The Morgan fingerprint density at radius 1 is 0.608 bits per heavy atom. The summed E-state index contributed by atoms with van der Waals surface area (Å²) in [6, 6.07) is 0. The fourth-order valence-corrected chi connectivity index (χ4v) is 5.49. The van der Waals surface area contributed by atoms with Gasteiger partial charge < -0.3 is 20.1 Å². The molecule has 292 valence electrons. The van der Waals surface area contributed by atoms with E-state index in [1.807, 2.05) is 6.08 Å². The van der Waals surface area contributed by atoms with Crippen molar-refractivity contribution in [2.24, 2.45) is 5.73 Å². The number of esters is 2. The number of nitrogens with two attached hydrogens (primary N) is 1. The highest BCUT2D eigenvalue weighted by molar-refractivity contribution is 7.47. The van der Waals surface area contributed by atoms with Crippen LogP contribution >= 0.6 is 7.82 Å². The van der Waals surface area contributed by atoms with Crippen LogP contribution in [-0.4, -0.2) is 49.3 Å². The number of carbonyl (C=O) groups excluding carboxylic acids is 2. The van der Waals surface area contributed by atoms with Crippen LogP contribution in [0.15, 0.2) is 72.9 Å². The smallest absolute Gasteiger partial charge is 0.462 e. The number of unbranched alkanes of at least 4 members (excludes halogenated alkanes) is 10. The Morgan fingerprint density at radius 3 is 1.69 bits per heavy atom. The van der Waals surface area contributed by atoms with Gasteiger partial charge in [0.1, 0.15) is 6.61 Å². The number of ether oxygens (including phenoxy) is 2. The van der Waals surface area contributed by atoms with Gasteiger partial charge in [0.25, 0.3) is 0 Å². The fourth-order valence-electron chi connectivity index (χ4n) is 4.72. The Balaban J connectivity index is 4.35. The van der Waals surface area contributed by atoms with Gasteiger partial charge in [0.15, 0.2) is 6.10 Å². The molecule has 0 aromatic carbocycles. The highest BCUT2D eigenvalue weighted by Crippen LogP contribution is 2.43. The molecule has 0 amide bonds. The van der Waals surface area contributed by atoms with Gasteiger partial charge in [-0.2, -0.15) is 0 Å². The van der Waals surface area contributed by atoms with Crippen molar-refractivity contribution in [2.45, 2.75) is 148 Å². The Labute approximate surface area is 310 Å². The second-order valence-corrected chi connectivity index (χ2v) is 13.9. The molecule has 0 saturated carbocycles. The van der Waals surface area contributed by atoms with Crippen LogP contribution in [0.25, 0.3) is 0 Å². The number of rotatable bonds is 35. The largest absolute Gasteiger partial charge is 0.472 e. The van der Waals surface area contributed by atoms with Gasteiger partial charge in [-0.3, -0.25) is 18.6 Å². The summed E-state index contributed by atoms with van der Waals surface area (Å²) in [5.41, 5.74) is 5.33. The molecule has 9 nitrogen and oxygen atoms in total. The van der Waals surface area contributed by atoms with Crippen molar-refractivity contribution in [1.82, 2.24) is 0 Å². The molecule has 10 heteroatoms. The first kappa shape index (κ1) is 48.5. The van der Waals surface area contributed by atoms with E-state index in [1.165, 1.54) is 38.5 Å². The Kier molecular flexibility index (Phi) is 35.4. The van der Waals surface area contributed by atoms with Crippen molar-refractivity contribution in [3.05, 3.63) is 72.9 Å². The van der Waals surface area contributed by atoms with E-state index in [9.17, 15) is 19.0 Å². The molecule has 0 spiro atoms. The Hall–Kier alpha value is -2.55. The highest BCUT2D eigenvalue weighted by Gasteiger charge is 2.25. The number of hydrogen-bond acceptors (Lipinski definition) is 8. The molecule has 0 aromatic heterocycles. The second-order valence-electron chi connectivity index (χ2n) is 12.4. The monoisotopic (exact) mass is 735 g/mol. The van der Waals surface area contributed by atoms with Gasteiger partial charge in [-0.1, -0.05) is 125 Å². The Morgan fingerprint density at radius 2 is 1.10 bits per heavy atom. The lowest BCUT2D eigenvalue weighted by Crippen LogP contribution is -2.29. The molecule has 51 heavy (non-hydrogen) atoms. The second kappa shape index (κ2) is 37.2. The van der Waals surface area contributed by atoms with Crippen molar-refractivity contribution in [3.63, 3.8) is 0 Å². The predicted octanol–water partition coefficient (Wildman–Crippen LogP) is 10.7. The van der Waals surface area contributed by atoms with Crippen LogP contribution < -0.4 is 5.73 Å². The summed E-state index contributed by atoms with van der Waals surface area (Å²) in [4.78, 5) is 34.7. The molecule has 0 radical (unpaired) electrons. The van der Waals surface area contributed by atoms with E-state index in [-0.39, 0.29) is 32.6 Å². The molecule has 3 N–H and O–H groups in total. The minimum Gasteiger partial charge on any atom is -0.462 e. The average molecular weight is 736 g/mol. The first-order chi connectivity index (χ1) is 24.8. The summed E-state index contributed by atoms with van der Waals surface area (Å²) in [6.45, 7) is 3.49. The number of allylic oxidation sites excluding steroid dienone is 12. The van der Waals surface area contributed by atoms with Crippen molar-refractivity contribution in [3.8, 4) is 0 Å². The maximum atomic E-state index is 12.5. The summed E-state index contributed by atoms with van der Waals surface area (Å²) >= 11 is 0. The zero-order valence-electron chi connectivity index (χ0n) is 31.8. The molecule has 2 atom stereocenters. The third-order valence-electron chi connectivity index (χ3n) is 7.58. The molecule has 0 aliphatic carbocycles. The minimum atomic E-state index is -4.39. The van der Waals surface area contributed by atoms with Gasteiger partial charge in [-0.25, -0.2) is 4.57 Å². The maximum Gasteiger partial charge on any atom is 0.472 e. The van der Waals surface area contributed by atoms with Gasteiger partial charge >= 0.3 is 19.8 Å². The molecule has 0 fully saturated rings. The normalized spacial score (nSPS) is 14.2. The lowest BCUT2D eigenvalue weighted by Gasteiger charge is -2.19. The summed E-state index contributed by atoms with van der Waals surface area (Å²) < 4.78 is 32.6.